The van der Waals surface area contributed by atoms with E-state index in [1.807, 2.05) is 31.3 Å². The molecule has 3 amide bonds. The lowest BCUT2D eigenvalue weighted by atomic mass is 9.77. The van der Waals surface area contributed by atoms with Crippen LogP contribution in [0.5, 0.6) is 5.75 Å². The molecular weight excluding hydrogens is 318 g/mol. The lowest BCUT2D eigenvalue weighted by Gasteiger charge is -2.41. The highest BCUT2D eigenvalue weighted by atomic mass is 16.5. The molecule has 1 aromatic carbocycles. The molecular formula is C19H25N3O3. The number of benzene rings is 1. The number of likely N-dealkylation sites (tertiary alicyclic amines) is 1. The Balaban J connectivity index is 1.51. The first-order chi connectivity index (χ1) is 12.0. The fourth-order valence-corrected chi connectivity index (χ4v) is 3.73. The largest absolute Gasteiger partial charge is 0.497 e. The van der Waals surface area contributed by atoms with Crippen molar-refractivity contribution in [2.24, 2.45) is 5.41 Å². The number of carbonyl (C=O) groups is 2. The Labute approximate surface area is 148 Å². The van der Waals surface area contributed by atoms with Crippen LogP contribution in [0.15, 0.2) is 36.0 Å². The lowest BCUT2D eigenvalue weighted by Crippen LogP contribution is -2.48. The predicted molar refractivity (Wildman–Crippen MR) is 95.0 cm³/mol. The third-order valence-electron chi connectivity index (χ3n) is 5.26. The zero-order chi connectivity index (χ0) is 17.9. The first-order valence-corrected chi connectivity index (χ1v) is 8.66. The van der Waals surface area contributed by atoms with Crippen LogP contribution in [0.25, 0.3) is 0 Å². The van der Waals surface area contributed by atoms with Crippen molar-refractivity contribution in [2.75, 3.05) is 20.7 Å². The number of piperidine rings is 1. The van der Waals surface area contributed by atoms with Crippen LogP contribution < -0.4 is 15.4 Å². The Morgan fingerprint density at radius 1 is 1.24 bits per heavy atom. The van der Waals surface area contributed by atoms with Crippen LogP contribution in [0.4, 0.5) is 4.79 Å². The Kier molecular flexibility index (Phi) is 4.97. The second kappa shape index (κ2) is 7.17. The van der Waals surface area contributed by atoms with E-state index >= 15 is 0 Å². The first kappa shape index (κ1) is 17.3. The number of hydrogen-bond acceptors (Lipinski definition) is 3. The standard InChI is InChI=1S/C19H25N3O3/c1-22-16-4-3-10-19(16,11-9-17(22)23)13-21-18(24)20-12-14-5-7-15(25-2)8-6-14/h4-8H,3,9-13H2,1-2H3,(H2,20,21,24). The number of nitrogens with zero attached hydrogens (tertiary/aromatic N) is 1. The highest BCUT2D eigenvalue weighted by molar-refractivity contribution is 5.80. The van der Waals surface area contributed by atoms with Crippen molar-refractivity contribution in [2.45, 2.75) is 32.2 Å². The molecule has 134 valence electrons. The van der Waals surface area contributed by atoms with Gasteiger partial charge in [-0.1, -0.05) is 18.2 Å². The summed E-state index contributed by atoms with van der Waals surface area (Å²) in [4.78, 5) is 25.8. The van der Waals surface area contributed by atoms with Gasteiger partial charge in [-0.3, -0.25) is 4.79 Å². The molecule has 2 aliphatic rings. The maximum absolute atomic E-state index is 12.2. The summed E-state index contributed by atoms with van der Waals surface area (Å²) in [5, 5.41) is 5.87. The van der Waals surface area contributed by atoms with Gasteiger partial charge >= 0.3 is 6.03 Å². The minimum absolute atomic E-state index is 0.0971. The fourth-order valence-electron chi connectivity index (χ4n) is 3.73. The van der Waals surface area contributed by atoms with Gasteiger partial charge in [0, 0.05) is 37.7 Å². The van der Waals surface area contributed by atoms with Crippen LogP contribution in [-0.4, -0.2) is 37.5 Å². The van der Waals surface area contributed by atoms with E-state index in [1.165, 1.54) is 0 Å². The minimum atomic E-state index is -0.184. The third-order valence-corrected chi connectivity index (χ3v) is 5.26. The summed E-state index contributed by atoms with van der Waals surface area (Å²) in [6.45, 7) is 1.02. The van der Waals surface area contributed by atoms with Crippen LogP contribution >= 0.6 is 0 Å². The van der Waals surface area contributed by atoms with Crippen LogP contribution in [0.2, 0.25) is 0 Å². The summed E-state index contributed by atoms with van der Waals surface area (Å²) in [5.41, 5.74) is 1.98. The number of hydrogen-bond donors (Lipinski definition) is 2. The molecule has 6 nitrogen and oxygen atoms in total. The molecule has 2 N–H and O–H groups in total. The smallest absolute Gasteiger partial charge is 0.315 e. The topological polar surface area (TPSA) is 70.7 Å². The Morgan fingerprint density at radius 2 is 2.00 bits per heavy atom. The van der Waals surface area contributed by atoms with Gasteiger partial charge in [-0.2, -0.15) is 0 Å². The summed E-state index contributed by atoms with van der Waals surface area (Å²) in [6.07, 6.45) is 5.43. The number of allylic oxidation sites excluding steroid dienone is 1. The van der Waals surface area contributed by atoms with E-state index in [4.69, 9.17) is 4.74 Å². The van der Waals surface area contributed by atoms with E-state index in [9.17, 15) is 9.59 Å². The average molecular weight is 343 g/mol. The van der Waals surface area contributed by atoms with Crippen molar-refractivity contribution in [3.63, 3.8) is 0 Å². The van der Waals surface area contributed by atoms with Gasteiger partial charge in [-0.25, -0.2) is 4.79 Å². The molecule has 1 aliphatic heterocycles. The SMILES string of the molecule is COc1ccc(CNC(=O)NCC23CCC=C2N(C)C(=O)CC3)cc1. The molecule has 1 aromatic rings. The number of urea groups is 1. The van der Waals surface area contributed by atoms with Gasteiger partial charge in [0.05, 0.1) is 7.11 Å². The fraction of sp³-hybridized carbons (Fsp3) is 0.474. The molecule has 1 aliphatic carbocycles. The molecule has 0 aromatic heterocycles. The normalized spacial score (nSPS) is 22.2. The molecule has 0 bridgehead atoms. The highest BCUT2D eigenvalue weighted by Crippen LogP contribution is 2.46. The maximum atomic E-state index is 12.2. The van der Waals surface area contributed by atoms with Crippen molar-refractivity contribution in [1.29, 1.82) is 0 Å². The molecule has 1 heterocycles. The van der Waals surface area contributed by atoms with Crippen molar-refractivity contribution in [1.82, 2.24) is 15.5 Å². The summed E-state index contributed by atoms with van der Waals surface area (Å²) in [6, 6.07) is 7.42. The van der Waals surface area contributed by atoms with Crippen molar-refractivity contribution in [3.8, 4) is 5.75 Å². The van der Waals surface area contributed by atoms with E-state index in [-0.39, 0.29) is 17.4 Å². The van der Waals surface area contributed by atoms with Gasteiger partial charge in [0.1, 0.15) is 5.75 Å². The van der Waals surface area contributed by atoms with Gasteiger partial charge < -0.3 is 20.3 Å². The first-order valence-electron chi connectivity index (χ1n) is 8.66. The minimum Gasteiger partial charge on any atom is -0.497 e. The molecule has 0 spiro atoms. The van der Waals surface area contributed by atoms with Crippen molar-refractivity contribution < 1.29 is 14.3 Å². The molecule has 0 radical (unpaired) electrons. The zero-order valence-corrected chi connectivity index (χ0v) is 14.8. The maximum Gasteiger partial charge on any atom is 0.315 e. The molecule has 1 unspecified atom stereocenters. The second-order valence-corrected chi connectivity index (χ2v) is 6.75. The van der Waals surface area contributed by atoms with Crippen LogP contribution in [-0.2, 0) is 11.3 Å². The molecule has 6 heteroatoms. The quantitative estimate of drug-likeness (QED) is 0.862. The average Bonchev–Trinajstić information content (AvgIpc) is 3.07. The molecule has 0 saturated carbocycles. The van der Waals surface area contributed by atoms with E-state index in [2.05, 4.69) is 16.7 Å². The van der Waals surface area contributed by atoms with Crippen molar-refractivity contribution in [3.05, 3.63) is 41.6 Å². The second-order valence-electron chi connectivity index (χ2n) is 6.75. The van der Waals surface area contributed by atoms with Crippen LogP contribution in [0.3, 0.4) is 0 Å². The molecule has 25 heavy (non-hydrogen) atoms. The number of rotatable bonds is 5. The third kappa shape index (κ3) is 3.62. The number of amides is 3. The van der Waals surface area contributed by atoms with Gasteiger partial charge in [0.25, 0.3) is 0 Å². The van der Waals surface area contributed by atoms with Crippen molar-refractivity contribution >= 4 is 11.9 Å². The monoisotopic (exact) mass is 343 g/mol. The van der Waals surface area contributed by atoms with E-state index in [0.29, 0.717) is 19.5 Å². The Morgan fingerprint density at radius 3 is 2.72 bits per heavy atom. The van der Waals surface area contributed by atoms with Gasteiger partial charge in [-0.05, 0) is 37.0 Å². The van der Waals surface area contributed by atoms with Crippen LogP contribution in [0, 0.1) is 5.41 Å². The van der Waals surface area contributed by atoms with E-state index in [0.717, 1.165) is 36.3 Å². The number of methoxy groups -OCH3 is 1. The van der Waals surface area contributed by atoms with Gasteiger partial charge in [0.15, 0.2) is 0 Å². The summed E-state index contributed by atoms with van der Waals surface area (Å²) < 4.78 is 5.12. The number of ether oxygens (including phenoxy) is 1. The molecule has 1 atom stereocenters. The van der Waals surface area contributed by atoms with Gasteiger partial charge in [-0.15, -0.1) is 0 Å². The summed E-state index contributed by atoms with van der Waals surface area (Å²) >= 11 is 0. The molecule has 1 fully saturated rings. The zero-order valence-electron chi connectivity index (χ0n) is 14.8. The predicted octanol–water partition coefficient (Wildman–Crippen LogP) is 2.41. The highest BCUT2D eigenvalue weighted by Gasteiger charge is 2.44. The number of carbonyl (C=O) groups excluding carboxylic acids is 2. The van der Waals surface area contributed by atoms with E-state index in [1.54, 1.807) is 12.0 Å². The number of fused-ring (bicyclic) bond motifs is 1. The Hall–Kier alpha value is -2.50. The Bertz CT molecular complexity index is 684. The molecule has 1 saturated heterocycles. The van der Waals surface area contributed by atoms with E-state index < -0.39 is 0 Å². The number of nitrogens with one attached hydrogen (secondary N) is 2. The summed E-state index contributed by atoms with van der Waals surface area (Å²) in [5.74, 6) is 0.955. The van der Waals surface area contributed by atoms with Gasteiger partial charge in [0.2, 0.25) is 5.91 Å². The van der Waals surface area contributed by atoms with Crippen LogP contribution in [0.1, 0.15) is 31.2 Å². The molecule has 3 rings (SSSR count). The summed E-state index contributed by atoms with van der Waals surface area (Å²) in [7, 11) is 3.46. The lowest BCUT2D eigenvalue weighted by molar-refractivity contribution is -0.131.